The Hall–Kier alpha value is -2.14. The molecule has 0 fully saturated rings. The lowest BCUT2D eigenvalue weighted by molar-refractivity contribution is -0.159. The fraction of sp³-hybridized carbons (Fsp3) is 0.667. The highest BCUT2D eigenvalue weighted by molar-refractivity contribution is 5.77. The number of hydrogen-bond acceptors (Lipinski definition) is 8. The van der Waals surface area contributed by atoms with Gasteiger partial charge in [-0.1, -0.05) is 0 Å². The van der Waals surface area contributed by atoms with Gasteiger partial charge in [-0.3, -0.25) is 14.4 Å². The topological polar surface area (TPSA) is 129 Å². The average molecular weight is 286 g/mol. The molecule has 0 aliphatic rings. The number of nitrogens with zero attached hydrogens (tertiary/aromatic N) is 1. The van der Waals surface area contributed by atoms with Crippen LogP contribution in [-0.2, 0) is 28.6 Å². The monoisotopic (exact) mass is 286 g/mol. The predicted octanol–water partition coefficient (Wildman–Crippen LogP) is -0.485. The van der Waals surface area contributed by atoms with Crippen LogP contribution in [0.5, 0.6) is 0 Å². The van der Waals surface area contributed by atoms with Crippen LogP contribution in [0.1, 0.15) is 19.3 Å². The quantitative estimate of drug-likeness (QED) is 0.220. The molecule has 0 unspecified atom stereocenters. The van der Waals surface area contributed by atoms with Gasteiger partial charge < -0.3 is 19.9 Å². The molecule has 0 aromatic rings. The van der Waals surface area contributed by atoms with E-state index in [-0.39, 0.29) is 58.6 Å². The minimum absolute atomic E-state index is 0.00482. The Kier molecular flexibility index (Phi) is 9.60. The van der Waals surface area contributed by atoms with Crippen LogP contribution < -0.4 is 5.73 Å². The Labute approximate surface area is 116 Å². The summed E-state index contributed by atoms with van der Waals surface area (Å²) in [7, 11) is 0. The van der Waals surface area contributed by atoms with Gasteiger partial charge in [0.05, 0.1) is 31.1 Å². The molecule has 0 aromatic carbocycles. The first-order valence-corrected chi connectivity index (χ1v) is 6.01. The van der Waals surface area contributed by atoms with Gasteiger partial charge >= 0.3 is 5.97 Å². The molecule has 0 spiro atoms. The van der Waals surface area contributed by atoms with Gasteiger partial charge in [0.25, 0.3) is 12.9 Å². The second-order valence-electron chi connectivity index (χ2n) is 3.96. The van der Waals surface area contributed by atoms with E-state index in [0.29, 0.717) is 0 Å². The second kappa shape index (κ2) is 10.8. The highest BCUT2D eigenvalue weighted by Gasteiger charge is 2.38. The normalized spacial score (nSPS) is 10.2. The molecule has 0 heterocycles. The first-order chi connectivity index (χ1) is 9.66. The summed E-state index contributed by atoms with van der Waals surface area (Å²) in [6, 6.07) is 1.85. The summed E-state index contributed by atoms with van der Waals surface area (Å²) in [5, 5.41) is 8.40. The van der Waals surface area contributed by atoms with Crippen molar-refractivity contribution in [1.82, 2.24) is 0 Å². The van der Waals surface area contributed by atoms with Crippen LogP contribution in [0.3, 0.4) is 0 Å². The highest BCUT2D eigenvalue weighted by atomic mass is 16.5. The summed E-state index contributed by atoms with van der Waals surface area (Å²) in [5.41, 5.74) is 4.51. The standard InChI is InChI=1S/C12H18N2O6/c13-4-1-5-20-11(17)12(8-14,2-6-18-9-15)3-7-19-10-16/h9-10H,1-3,5-8,14H2. The van der Waals surface area contributed by atoms with Gasteiger partial charge in [0, 0.05) is 6.54 Å². The first-order valence-electron chi connectivity index (χ1n) is 6.01. The van der Waals surface area contributed by atoms with Crippen LogP contribution in [0.25, 0.3) is 0 Å². The summed E-state index contributed by atoms with van der Waals surface area (Å²) in [4.78, 5) is 32.3. The van der Waals surface area contributed by atoms with Crippen LogP contribution in [0.2, 0.25) is 0 Å². The van der Waals surface area contributed by atoms with E-state index < -0.39 is 11.4 Å². The van der Waals surface area contributed by atoms with Crippen molar-refractivity contribution in [2.24, 2.45) is 11.1 Å². The number of carbonyl (C=O) groups is 3. The molecule has 0 radical (unpaired) electrons. The SMILES string of the molecule is N#CCCOC(=O)C(CN)(CCOC=O)CCOC=O. The van der Waals surface area contributed by atoms with E-state index in [1.165, 1.54) is 0 Å². The average Bonchev–Trinajstić information content (AvgIpc) is 2.46. The van der Waals surface area contributed by atoms with Crippen molar-refractivity contribution in [2.45, 2.75) is 19.3 Å². The maximum atomic E-state index is 12.1. The van der Waals surface area contributed by atoms with Gasteiger partial charge in [0.2, 0.25) is 0 Å². The molecule has 8 heteroatoms. The molecule has 2 N–H and O–H groups in total. The van der Waals surface area contributed by atoms with E-state index in [2.05, 4.69) is 9.47 Å². The Morgan fingerprint density at radius 1 is 1.15 bits per heavy atom. The molecule has 112 valence electrons. The minimum Gasteiger partial charge on any atom is -0.468 e. The third-order valence-electron chi connectivity index (χ3n) is 2.80. The van der Waals surface area contributed by atoms with Crippen LogP contribution >= 0.6 is 0 Å². The zero-order valence-electron chi connectivity index (χ0n) is 11.1. The van der Waals surface area contributed by atoms with Crippen molar-refractivity contribution in [3.8, 4) is 6.07 Å². The minimum atomic E-state index is -1.11. The summed E-state index contributed by atoms with van der Waals surface area (Å²) in [6.45, 7) is 0.432. The third kappa shape index (κ3) is 6.15. The van der Waals surface area contributed by atoms with Crippen LogP contribution in [0.4, 0.5) is 0 Å². The van der Waals surface area contributed by atoms with Crippen molar-refractivity contribution < 1.29 is 28.6 Å². The number of carbonyl (C=O) groups excluding carboxylic acids is 3. The van der Waals surface area contributed by atoms with E-state index in [9.17, 15) is 14.4 Å². The number of esters is 1. The fourth-order valence-electron chi connectivity index (χ4n) is 1.56. The van der Waals surface area contributed by atoms with E-state index in [1.807, 2.05) is 6.07 Å². The summed E-state index contributed by atoms with van der Waals surface area (Å²) in [6.07, 6.45) is 0.369. The molecule has 0 saturated heterocycles. The zero-order valence-corrected chi connectivity index (χ0v) is 11.1. The van der Waals surface area contributed by atoms with E-state index in [1.54, 1.807) is 0 Å². The summed E-state index contributed by atoms with van der Waals surface area (Å²) >= 11 is 0. The molecule has 20 heavy (non-hydrogen) atoms. The van der Waals surface area contributed by atoms with E-state index in [0.717, 1.165) is 0 Å². The van der Waals surface area contributed by atoms with Crippen LogP contribution in [0.15, 0.2) is 0 Å². The van der Waals surface area contributed by atoms with Gasteiger partial charge in [-0.2, -0.15) is 5.26 Å². The molecule has 0 amide bonds. The molecular weight excluding hydrogens is 268 g/mol. The van der Waals surface area contributed by atoms with E-state index >= 15 is 0 Å². The molecule has 0 aliphatic carbocycles. The van der Waals surface area contributed by atoms with Crippen molar-refractivity contribution in [3.05, 3.63) is 0 Å². The van der Waals surface area contributed by atoms with Gasteiger partial charge in [-0.25, -0.2) is 0 Å². The molecule has 0 bridgehead atoms. The van der Waals surface area contributed by atoms with Gasteiger partial charge in [-0.15, -0.1) is 0 Å². The third-order valence-corrected chi connectivity index (χ3v) is 2.80. The van der Waals surface area contributed by atoms with Gasteiger partial charge in [0.1, 0.15) is 6.61 Å². The lowest BCUT2D eigenvalue weighted by Crippen LogP contribution is -2.42. The Morgan fingerprint density at radius 2 is 1.70 bits per heavy atom. The van der Waals surface area contributed by atoms with Crippen LogP contribution in [-0.4, -0.2) is 45.3 Å². The zero-order chi connectivity index (χ0) is 15.3. The van der Waals surface area contributed by atoms with Crippen molar-refractivity contribution in [2.75, 3.05) is 26.4 Å². The largest absolute Gasteiger partial charge is 0.468 e. The fourth-order valence-corrected chi connectivity index (χ4v) is 1.56. The number of hydrogen-bond donors (Lipinski definition) is 1. The Bertz CT molecular complexity index is 338. The number of rotatable bonds is 12. The molecule has 0 atom stereocenters. The van der Waals surface area contributed by atoms with Crippen molar-refractivity contribution in [3.63, 3.8) is 0 Å². The number of ether oxygens (including phenoxy) is 3. The number of nitriles is 1. The summed E-state index contributed by atoms with van der Waals surface area (Å²) < 4.78 is 14.1. The Morgan fingerprint density at radius 3 is 2.10 bits per heavy atom. The van der Waals surface area contributed by atoms with E-state index in [4.69, 9.17) is 15.7 Å². The van der Waals surface area contributed by atoms with Gasteiger partial charge in [-0.05, 0) is 12.8 Å². The first kappa shape index (κ1) is 17.9. The lowest BCUT2D eigenvalue weighted by atomic mass is 9.81. The second-order valence-corrected chi connectivity index (χ2v) is 3.96. The predicted molar refractivity (Wildman–Crippen MR) is 65.9 cm³/mol. The maximum Gasteiger partial charge on any atom is 0.313 e. The Balaban J connectivity index is 4.68. The molecular formula is C12H18N2O6. The van der Waals surface area contributed by atoms with Crippen molar-refractivity contribution in [1.29, 1.82) is 5.26 Å². The maximum absolute atomic E-state index is 12.1. The molecule has 0 rings (SSSR count). The molecule has 8 nitrogen and oxygen atoms in total. The molecule has 0 aromatic heterocycles. The van der Waals surface area contributed by atoms with Crippen LogP contribution in [0, 0.1) is 16.7 Å². The molecule has 0 saturated carbocycles. The van der Waals surface area contributed by atoms with Crippen molar-refractivity contribution >= 4 is 18.9 Å². The smallest absolute Gasteiger partial charge is 0.313 e. The molecule has 0 aliphatic heterocycles. The lowest BCUT2D eigenvalue weighted by Gasteiger charge is -2.29. The summed E-state index contributed by atoms with van der Waals surface area (Å²) in [5.74, 6) is -0.598. The number of nitrogens with two attached hydrogens (primary N) is 1. The van der Waals surface area contributed by atoms with Gasteiger partial charge in [0.15, 0.2) is 0 Å². The highest BCUT2D eigenvalue weighted by Crippen LogP contribution is 2.27.